The molecule has 7 heteroatoms. The largest absolute Gasteiger partial charge is 0.481 e. The first-order valence-electron chi connectivity index (χ1n) is 11.1. The van der Waals surface area contributed by atoms with E-state index >= 15 is 0 Å². The molecule has 1 aliphatic rings. The van der Waals surface area contributed by atoms with E-state index in [1.165, 1.54) is 0 Å². The van der Waals surface area contributed by atoms with Crippen molar-refractivity contribution in [2.24, 2.45) is 5.41 Å². The zero-order valence-corrected chi connectivity index (χ0v) is 19.5. The Bertz CT molecular complexity index is 1240. The van der Waals surface area contributed by atoms with Crippen LogP contribution >= 0.6 is 11.6 Å². The third-order valence-electron chi connectivity index (χ3n) is 6.45. The van der Waals surface area contributed by atoms with E-state index in [0.29, 0.717) is 41.2 Å². The summed E-state index contributed by atoms with van der Waals surface area (Å²) in [5.74, 6) is -1.01. The second-order valence-electron chi connectivity index (χ2n) is 8.57. The first kappa shape index (κ1) is 23.5. The molecule has 1 unspecified atom stereocenters. The number of aryl methyl sites for hydroxylation is 1. The fourth-order valence-corrected chi connectivity index (χ4v) is 4.59. The Morgan fingerprint density at radius 1 is 0.941 bits per heavy atom. The molecule has 2 amide bonds. The van der Waals surface area contributed by atoms with Crippen LogP contribution in [0.5, 0.6) is 0 Å². The molecule has 3 N–H and O–H groups in total. The molecule has 1 atom stereocenters. The van der Waals surface area contributed by atoms with Gasteiger partial charge in [0.1, 0.15) is 0 Å². The molecule has 0 saturated carbocycles. The molecule has 0 aliphatic heterocycles. The molecular formula is C27H25ClN2O4. The third-order valence-corrected chi connectivity index (χ3v) is 6.70. The van der Waals surface area contributed by atoms with E-state index in [2.05, 4.69) is 10.6 Å². The Hall–Kier alpha value is -3.64. The fraction of sp³-hybridized carbons (Fsp3) is 0.222. The molecule has 0 fully saturated rings. The van der Waals surface area contributed by atoms with Gasteiger partial charge in [-0.25, -0.2) is 4.79 Å². The highest BCUT2D eigenvalue weighted by molar-refractivity contribution is 6.30. The lowest BCUT2D eigenvalue weighted by Crippen LogP contribution is -2.37. The Morgan fingerprint density at radius 2 is 1.53 bits per heavy atom. The second kappa shape index (κ2) is 9.69. The first-order chi connectivity index (χ1) is 16.3. The summed E-state index contributed by atoms with van der Waals surface area (Å²) in [5, 5.41) is 15.4. The summed E-state index contributed by atoms with van der Waals surface area (Å²) in [7, 11) is 0. The van der Waals surface area contributed by atoms with Gasteiger partial charge in [-0.05, 0) is 72.4 Å². The molecule has 0 heterocycles. The molecule has 0 bridgehead atoms. The maximum absolute atomic E-state index is 13.1. The van der Waals surface area contributed by atoms with Crippen molar-refractivity contribution >= 4 is 40.8 Å². The molecule has 174 valence electrons. The number of fused-ring (bicyclic) bond motifs is 1. The second-order valence-corrected chi connectivity index (χ2v) is 9.01. The minimum absolute atomic E-state index is 0.0727. The highest BCUT2D eigenvalue weighted by atomic mass is 35.5. The number of rotatable bonds is 6. The number of nitrogens with one attached hydrogen (secondary N) is 2. The highest BCUT2D eigenvalue weighted by Gasteiger charge is 2.42. The summed E-state index contributed by atoms with van der Waals surface area (Å²) >= 11 is 5.86. The van der Waals surface area contributed by atoms with Gasteiger partial charge in [0, 0.05) is 27.4 Å². The summed E-state index contributed by atoms with van der Waals surface area (Å²) in [6.45, 7) is 1.88. The lowest BCUT2D eigenvalue weighted by atomic mass is 9.67. The Kier molecular flexibility index (Phi) is 6.70. The van der Waals surface area contributed by atoms with Gasteiger partial charge in [0.15, 0.2) is 5.78 Å². The minimum atomic E-state index is -0.939. The zero-order valence-electron chi connectivity index (χ0n) is 18.7. The van der Waals surface area contributed by atoms with E-state index in [1.807, 2.05) is 49.4 Å². The number of ketones is 1. The molecule has 0 aromatic heterocycles. The van der Waals surface area contributed by atoms with E-state index in [1.54, 1.807) is 24.3 Å². The average Bonchev–Trinajstić information content (AvgIpc) is 2.82. The maximum Gasteiger partial charge on any atom is 0.323 e. The molecule has 0 radical (unpaired) electrons. The number of benzene rings is 3. The van der Waals surface area contributed by atoms with Gasteiger partial charge in [0.2, 0.25) is 0 Å². The van der Waals surface area contributed by atoms with Gasteiger partial charge >= 0.3 is 12.0 Å². The minimum Gasteiger partial charge on any atom is -0.481 e. The fourth-order valence-electron chi connectivity index (χ4n) is 4.47. The molecule has 34 heavy (non-hydrogen) atoms. The summed E-state index contributed by atoms with van der Waals surface area (Å²) in [6, 6.07) is 19.6. The van der Waals surface area contributed by atoms with Crippen LogP contribution in [0.4, 0.5) is 16.2 Å². The van der Waals surface area contributed by atoms with E-state index in [-0.39, 0.29) is 18.2 Å². The number of Topliss-reactive ketones (excluding diaryl/α,β-unsaturated/α-hetero) is 1. The van der Waals surface area contributed by atoms with E-state index in [9.17, 15) is 19.5 Å². The SMILES string of the molecule is CCC1(CC(=O)O)CCc2cc(-c3ccc(NC(=O)Nc4ccc(Cl)cc4)cc3)ccc2C1=O. The van der Waals surface area contributed by atoms with Crippen LogP contribution in [0.25, 0.3) is 11.1 Å². The lowest BCUT2D eigenvalue weighted by Gasteiger charge is -2.35. The summed E-state index contributed by atoms with van der Waals surface area (Å²) in [5.41, 5.74) is 3.95. The summed E-state index contributed by atoms with van der Waals surface area (Å²) in [4.78, 5) is 36.7. The number of carbonyl (C=O) groups excluding carboxylic acids is 2. The normalized spacial score (nSPS) is 17.1. The number of hydrogen-bond donors (Lipinski definition) is 3. The van der Waals surface area contributed by atoms with Crippen molar-refractivity contribution in [1.29, 1.82) is 0 Å². The van der Waals surface area contributed by atoms with Gasteiger partial charge in [-0.1, -0.05) is 48.9 Å². The van der Waals surface area contributed by atoms with Crippen molar-refractivity contribution in [2.45, 2.75) is 32.6 Å². The van der Waals surface area contributed by atoms with Crippen molar-refractivity contribution < 1.29 is 19.5 Å². The van der Waals surface area contributed by atoms with E-state index in [0.717, 1.165) is 16.7 Å². The molecule has 3 aromatic carbocycles. The number of anilines is 2. The van der Waals surface area contributed by atoms with Crippen LogP contribution in [0.15, 0.2) is 66.7 Å². The van der Waals surface area contributed by atoms with Crippen molar-refractivity contribution in [3.63, 3.8) is 0 Å². The molecule has 3 aromatic rings. The van der Waals surface area contributed by atoms with Gasteiger partial charge in [0.25, 0.3) is 0 Å². The van der Waals surface area contributed by atoms with E-state index in [4.69, 9.17) is 11.6 Å². The highest BCUT2D eigenvalue weighted by Crippen LogP contribution is 2.42. The Labute approximate surface area is 203 Å². The van der Waals surface area contributed by atoms with Crippen LogP contribution in [-0.2, 0) is 11.2 Å². The number of urea groups is 1. The first-order valence-corrected chi connectivity index (χ1v) is 11.5. The number of amides is 2. The van der Waals surface area contributed by atoms with Crippen molar-refractivity contribution in [1.82, 2.24) is 0 Å². The Morgan fingerprint density at radius 3 is 2.12 bits per heavy atom. The van der Waals surface area contributed by atoms with Gasteiger partial charge in [-0.15, -0.1) is 0 Å². The molecule has 1 aliphatic carbocycles. The van der Waals surface area contributed by atoms with Crippen LogP contribution in [0.2, 0.25) is 5.02 Å². The molecular weight excluding hydrogens is 452 g/mol. The zero-order chi connectivity index (χ0) is 24.3. The number of hydrogen-bond acceptors (Lipinski definition) is 3. The van der Waals surface area contributed by atoms with Crippen LogP contribution < -0.4 is 10.6 Å². The number of halogens is 1. The predicted molar refractivity (Wildman–Crippen MR) is 134 cm³/mol. The number of carboxylic acids is 1. The number of carbonyl (C=O) groups is 3. The van der Waals surface area contributed by atoms with Crippen molar-refractivity contribution in [3.05, 3.63) is 82.9 Å². The monoisotopic (exact) mass is 476 g/mol. The van der Waals surface area contributed by atoms with Crippen molar-refractivity contribution in [2.75, 3.05) is 10.6 Å². The number of aliphatic carboxylic acids is 1. The van der Waals surface area contributed by atoms with Crippen LogP contribution in [0.3, 0.4) is 0 Å². The van der Waals surface area contributed by atoms with Crippen molar-refractivity contribution in [3.8, 4) is 11.1 Å². The van der Waals surface area contributed by atoms with Gasteiger partial charge in [0.05, 0.1) is 6.42 Å². The van der Waals surface area contributed by atoms with Gasteiger partial charge in [-0.3, -0.25) is 9.59 Å². The lowest BCUT2D eigenvalue weighted by molar-refractivity contribution is -0.139. The van der Waals surface area contributed by atoms with Gasteiger partial charge in [-0.2, -0.15) is 0 Å². The van der Waals surface area contributed by atoms with Crippen LogP contribution in [-0.4, -0.2) is 22.9 Å². The molecule has 0 spiro atoms. The summed E-state index contributed by atoms with van der Waals surface area (Å²) < 4.78 is 0. The van der Waals surface area contributed by atoms with Crippen LogP contribution in [0, 0.1) is 5.41 Å². The molecule has 4 rings (SSSR count). The molecule has 6 nitrogen and oxygen atoms in total. The van der Waals surface area contributed by atoms with Crippen LogP contribution in [0.1, 0.15) is 42.1 Å². The topological polar surface area (TPSA) is 95.5 Å². The number of carboxylic acid groups (broad SMARTS) is 1. The molecule has 0 saturated heterocycles. The average molecular weight is 477 g/mol. The smallest absolute Gasteiger partial charge is 0.323 e. The maximum atomic E-state index is 13.1. The Balaban J connectivity index is 1.46. The van der Waals surface area contributed by atoms with E-state index < -0.39 is 11.4 Å². The third kappa shape index (κ3) is 4.97. The van der Waals surface area contributed by atoms with Gasteiger partial charge < -0.3 is 15.7 Å². The predicted octanol–water partition coefficient (Wildman–Crippen LogP) is 6.65. The standard InChI is InChI=1S/C27H25ClN2O4/c1-2-27(16-24(31)32)14-13-19-15-18(5-12-23(19)25(27)33)17-3-8-21(9-4-17)29-26(34)30-22-10-6-20(28)7-11-22/h3-12,15H,2,13-14,16H2,1H3,(H,31,32)(H2,29,30,34). The quantitative estimate of drug-likeness (QED) is 0.371. The summed E-state index contributed by atoms with van der Waals surface area (Å²) in [6.07, 6.45) is 1.58.